The molecule has 5 nitrogen and oxygen atoms in total. The summed E-state index contributed by atoms with van der Waals surface area (Å²) in [6.07, 6.45) is 0.799. The lowest BCUT2D eigenvalue weighted by atomic mass is 9.93. The van der Waals surface area contributed by atoms with Gasteiger partial charge >= 0.3 is 6.09 Å². The Morgan fingerprint density at radius 2 is 2.46 bits per heavy atom. The van der Waals surface area contributed by atoms with Crippen molar-refractivity contribution in [3.63, 3.8) is 0 Å². The molecule has 0 radical (unpaired) electrons. The maximum absolute atomic E-state index is 11.5. The van der Waals surface area contributed by atoms with Crippen molar-refractivity contribution in [1.82, 2.24) is 5.32 Å². The zero-order valence-electron chi connectivity index (χ0n) is 7.08. The lowest BCUT2D eigenvalue weighted by Gasteiger charge is -2.25. The second-order valence-corrected chi connectivity index (χ2v) is 3.52. The number of ketones is 1. The molecule has 5 heteroatoms. The molecule has 13 heavy (non-hydrogen) atoms. The van der Waals surface area contributed by atoms with Crippen molar-refractivity contribution >= 4 is 11.9 Å². The first-order valence-electron chi connectivity index (χ1n) is 4.31. The van der Waals surface area contributed by atoms with Crippen LogP contribution in [0.25, 0.3) is 0 Å². The summed E-state index contributed by atoms with van der Waals surface area (Å²) in [5.74, 6) is -0.127. The Labute approximate surface area is 75.1 Å². The monoisotopic (exact) mass is 185 g/mol. The molecule has 0 aromatic heterocycles. The highest BCUT2D eigenvalue weighted by molar-refractivity contribution is 5.95. The van der Waals surface area contributed by atoms with E-state index in [2.05, 4.69) is 5.32 Å². The van der Waals surface area contributed by atoms with E-state index in [0.717, 1.165) is 12.8 Å². The van der Waals surface area contributed by atoms with Crippen LogP contribution in [0.2, 0.25) is 0 Å². The van der Waals surface area contributed by atoms with Gasteiger partial charge in [-0.05, 0) is 19.3 Å². The number of nitrogens with one attached hydrogen (secondary N) is 1. The SMILES string of the molecule is O=C(O)NC12CCCC1OCC2=O. The minimum Gasteiger partial charge on any atom is -0.465 e. The number of Topliss-reactive ketones (excluding diaryl/α,β-unsaturated/α-hetero) is 1. The molecular formula is C8H11NO4. The molecule has 0 aromatic rings. The van der Waals surface area contributed by atoms with E-state index in [9.17, 15) is 9.59 Å². The summed E-state index contributed by atoms with van der Waals surface area (Å²) in [7, 11) is 0. The van der Waals surface area contributed by atoms with Gasteiger partial charge in [0, 0.05) is 0 Å². The van der Waals surface area contributed by atoms with Gasteiger partial charge in [-0.2, -0.15) is 0 Å². The minimum atomic E-state index is -1.15. The second-order valence-electron chi connectivity index (χ2n) is 3.52. The van der Waals surface area contributed by atoms with E-state index in [1.807, 2.05) is 0 Å². The van der Waals surface area contributed by atoms with Crippen LogP contribution >= 0.6 is 0 Å². The Morgan fingerprint density at radius 1 is 1.69 bits per heavy atom. The predicted octanol–water partition coefficient (Wildman–Crippen LogP) is 0.145. The van der Waals surface area contributed by atoms with E-state index in [4.69, 9.17) is 9.84 Å². The number of amides is 1. The molecule has 2 aliphatic rings. The second kappa shape index (κ2) is 2.70. The van der Waals surface area contributed by atoms with Gasteiger partial charge in [-0.1, -0.05) is 0 Å². The normalized spacial score (nSPS) is 37.5. The van der Waals surface area contributed by atoms with Gasteiger partial charge in [0.15, 0.2) is 5.78 Å². The van der Waals surface area contributed by atoms with Crippen molar-refractivity contribution in [2.45, 2.75) is 30.9 Å². The molecule has 2 N–H and O–H groups in total. The van der Waals surface area contributed by atoms with Crippen LogP contribution in [0, 0.1) is 0 Å². The van der Waals surface area contributed by atoms with Gasteiger partial charge in [0.2, 0.25) is 0 Å². The molecule has 0 spiro atoms. The molecule has 1 saturated heterocycles. The van der Waals surface area contributed by atoms with Crippen LogP contribution < -0.4 is 5.32 Å². The first-order valence-corrected chi connectivity index (χ1v) is 4.31. The topological polar surface area (TPSA) is 75.6 Å². The van der Waals surface area contributed by atoms with E-state index in [1.165, 1.54) is 0 Å². The Morgan fingerprint density at radius 3 is 3.15 bits per heavy atom. The summed E-state index contributed by atoms with van der Waals surface area (Å²) >= 11 is 0. The highest BCUT2D eigenvalue weighted by Crippen LogP contribution is 2.37. The van der Waals surface area contributed by atoms with Crippen molar-refractivity contribution in [2.24, 2.45) is 0 Å². The number of carboxylic acid groups (broad SMARTS) is 1. The van der Waals surface area contributed by atoms with Crippen LogP contribution in [0.5, 0.6) is 0 Å². The number of carbonyl (C=O) groups is 2. The zero-order valence-corrected chi connectivity index (χ0v) is 7.08. The molecule has 2 rings (SSSR count). The van der Waals surface area contributed by atoms with Crippen LogP contribution in [0.15, 0.2) is 0 Å². The van der Waals surface area contributed by atoms with Crippen LogP contribution in [0.1, 0.15) is 19.3 Å². The third kappa shape index (κ3) is 1.11. The van der Waals surface area contributed by atoms with E-state index in [-0.39, 0.29) is 18.5 Å². The lowest BCUT2D eigenvalue weighted by molar-refractivity contribution is -0.122. The van der Waals surface area contributed by atoms with Crippen LogP contribution in [0.3, 0.4) is 0 Å². The Balaban J connectivity index is 2.24. The maximum Gasteiger partial charge on any atom is 0.405 e. The van der Waals surface area contributed by atoms with Crippen LogP contribution in [-0.2, 0) is 9.53 Å². The molecule has 0 bridgehead atoms. The fourth-order valence-electron chi connectivity index (χ4n) is 2.23. The molecule has 0 aromatic carbocycles. The quantitative estimate of drug-likeness (QED) is 0.609. The first-order chi connectivity index (χ1) is 6.15. The lowest BCUT2D eigenvalue weighted by Crippen LogP contribution is -2.55. The van der Waals surface area contributed by atoms with Gasteiger partial charge in [0.1, 0.15) is 12.1 Å². The molecule has 2 atom stereocenters. The smallest absolute Gasteiger partial charge is 0.405 e. The number of hydrogen-bond acceptors (Lipinski definition) is 3. The van der Waals surface area contributed by atoms with Gasteiger partial charge in [-0.15, -0.1) is 0 Å². The average Bonchev–Trinajstić information content (AvgIpc) is 2.53. The third-order valence-electron chi connectivity index (χ3n) is 2.83. The van der Waals surface area contributed by atoms with Gasteiger partial charge < -0.3 is 15.2 Å². The Kier molecular flexibility index (Phi) is 1.76. The number of hydrogen-bond donors (Lipinski definition) is 2. The summed E-state index contributed by atoms with van der Waals surface area (Å²) in [4.78, 5) is 22.0. The maximum atomic E-state index is 11.5. The van der Waals surface area contributed by atoms with Crippen molar-refractivity contribution in [3.8, 4) is 0 Å². The van der Waals surface area contributed by atoms with E-state index >= 15 is 0 Å². The van der Waals surface area contributed by atoms with Crippen LogP contribution in [0.4, 0.5) is 4.79 Å². The van der Waals surface area contributed by atoms with Crippen molar-refractivity contribution in [1.29, 1.82) is 0 Å². The van der Waals surface area contributed by atoms with E-state index < -0.39 is 11.6 Å². The highest BCUT2D eigenvalue weighted by Gasteiger charge is 2.55. The summed E-state index contributed by atoms with van der Waals surface area (Å²) in [6, 6.07) is 0. The summed E-state index contributed by atoms with van der Waals surface area (Å²) in [5.41, 5.74) is -0.925. The van der Waals surface area contributed by atoms with Crippen molar-refractivity contribution in [2.75, 3.05) is 6.61 Å². The predicted molar refractivity (Wildman–Crippen MR) is 42.5 cm³/mol. The molecule has 1 aliphatic heterocycles. The zero-order chi connectivity index (χ0) is 9.47. The molecule has 1 amide bonds. The molecular weight excluding hydrogens is 174 g/mol. The molecule has 2 unspecified atom stereocenters. The average molecular weight is 185 g/mol. The number of rotatable bonds is 1. The largest absolute Gasteiger partial charge is 0.465 e. The first kappa shape index (κ1) is 8.50. The molecule has 2 fully saturated rings. The van der Waals surface area contributed by atoms with E-state index in [1.54, 1.807) is 0 Å². The number of carbonyl (C=O) groups excluding carboxylic acids is 1. The Hall–Kier alpha value is -1.10. The van der Waals surface area contributed by atoms with Gasteiger partial charge in [0.05, 0.1) is 6.10 Å². The van der Waals surface area contributed by atoms with Crippen molar-refractivity contribution < 1.29 is 19.4 Å². The van der Waals surface area contributed by atoms with Gasteiger partial charge in [-0.3, -0.25) is 4.79 Å². The highest BCUT2D eigenvalue weighted by atomic mass is 16.5. The van der Waals surface area contributed by atoms with Gasteiger partial charge in [0.25, 0.3) is 0 Å². The molecule has 1 saturated carbocycles. The minimum absolute atomic E-state index is 0.0466. The standard InChI is InChI=1S/C8H11NO4/c10-5-4-13-6-2-1-3-8(5,6)9-7(11)12/h6,9H,1-4H2,(H,11,12). The van der Waals surface area contributed by atoms with Gasteiger partial charge in [-0.25, -0.2) is 4.79 Å². The molecule has 1 aliphatic carbocycles. The summed E-state index contributed by atoms with van der Waals surface area (Å²) < 4.78 is 5.22. The molecule has 1 heterocycles. The Bertz CT molecular complexity index is 265. The summed E-state index contributed by atoms with van der Waals surface area (Å²) in [5, 5.41) is 10.9. The number of fused-ring (bicyclic) bond motifs is 1. The third-order valence-corrected chi connectivity index (χ3v) is 2.83. The van der Waals surface area contributed by atoms with Crippen molar-refractivity contribution in [3.05, 3.63) is 0 Å². The van der Waals surface area contributed by atoms with Crippen LogP contribution in [-0.4, -0.2) is 35.2 Å². The number of ether oxygens (including phenoxy) is 1. The fourth-order valence-corrected chi connectivity index (χ4v) is 2.23. The molecule has 72 valence electrons. The fraction of sp³-hybridized carbons (Fsp3) is 0.750. The van der Waals surface area contributed by atoms with E-state index in [0.29, 0.717) is 6.42 Å². The summed E-state index contributed by atoms with van der Waals surface area (Å²) in [6.45, 7) is 0.0466.